The summed E-state index contributed by atoms with van der Waals surface area (Å²) < 4.78 is 32.4. The Hall–Kier alpha value is -0.720. The molecule has 20 heavy (non-hydrogen) atoms. The summed E-state index contributed by atoms with van der Waals surface area (Å²) in [6.45, 7) is 0.378. The molecule has 0 spiro atoms. The first-order valence-corrected chi connectivity index (χ1v) is 7.64. The predicted octanol–water partition coefficient (Wildman–Crippen LogP) is 1.97. The third kappa shape index (κ3) is 4.40. The molecule has 0 bridgehead atoms. The molecular weight excluding hydrogens is 332 g/mol. The number of benzene rings is 1. The van der Waals surface area contributed by atoms with E-state index in [0.29, 0.717) is 17.1 Å². The fourth-order valence-electron chi connectivity index (χ4n) is 2.46. The Balaban J connectivity index is 1.79. The molecule has 0 aliphatic heterocycles. The van der Waals surface area contributed by atoms with E-state index in [1.807, 2.05) is 0 Å². The van der Waals surface area contributed by atoms with Crippen LogP contribution in [0.1, 0.15) is 25.7 Å². The minimum Gasteiger partial charge on any atom is -0.485 e. The molecule has 1 aliphatic carbocycles. The van der Waals surface area contributed by atoms with Crippen molar-refractivity contribution in [2.75, 3.05) is 13.2 Å². The number of rotatable bonds is 6. The molecule has 0 saturated heterocycles. The molecule has 112 valence electrons. The summed E-state index contributed by atoms with van der Waals surface area (Å²) in [5, 5.41) is 11.9. The van der Waals surface area contributed by atoms with Crippen LogP contribution >= 0.6 is 15.9 Å². The first-order valence-electron chi connectivity index (χ1n) is 6.85. The maximum atomic E-state index is 13.5. The van der Waals surface area contributed by atoms with Crippen LogP contribution in [0.15, 0.2) is 16.6 Å². The number of aliphatic hydroxyl groups excluding tert-OH is 1. The van der Waals surface area contributed by atoms with Crippen molar-refractivity contribution in [1.82, 2.24) is 0 Å². The lowest BCUT2D eigenvalue weighted by molar-refractivity contribution is -0.693. The minimum absolute atomic E-state index is 0.112. The molecule has 0 heterocycles. The molecule has 0 radical (unpaired) electrons. The maximum Gasteiger partial charge on any atom is 0.190 e. The van der Waals surface area contributed by atoms with Gasteiger partial charge in [0.15, 0.2) is 17.4 Å². The summed E-state index contributed by atoms with van der Waals surface area (Å²) in [5.41, 5.74) is 0. The van der Waals surface area contributed by atoms with Crippen molar-refractivity contribution in [3.63, 3.8) is 0 Å². The summed E-state index contributed by atoms with van der Waals surface area (Å²) in [5.74, 6) is -1.99. The second-order valence-electron chi connectivity index (χ2n) is 5.18. The Morgan fingerprint density at radius 1 is 1.30 bits per heavy atom. The van der Waals surface area contributed by atoms with E-state index in [-0.39, 0.29) is 6.61 Å². The Morgan fingerprint density at radius 3 is 2.50 bits per heavy atom. The third-order valence-corrected chi connectivity index (χ3v) is 3.98. The van der Waals surface area contributed by atoms with Crippen molar-refractivity contribution in [2.45, 2.75) is 37.8 Å². The van der Waals surface area contributed by atoms with E-state index in [1.165, 1.54) is 25.7 Å². The number of nitrogens with two attached hydrogens (primary N) is 1. The van der Waals surface area contributed by atoms with Crippen molar-refractivity contribution in [3.8, 4) is 5.75 Å². The van der Waals surface area contributed by atoms with Gasteiger partial charge in [-0.1, -0.05) is 15.9 Å². The van der Waals surface area contributed by atoms with Gasteiger partial charge in [-0.15, -0.1) is 0 Å². The van der Waals surface area contributed by atoms with Crippen LogP contribution in [0.25, 0.3) is 0 Å². The highest BCUT2D eigenvalue weighted by Gasteiger charge is 2.20. The van der Waals surface area contributed by atoms with Crippen molar-refractivity contribution in [3.05, 3.63) is 28.2 Å². The van der Waals surface area contributed by atoms with E-state index in [1.54, 1.807) is 0 Å². The van der Waals surface area contributed by atoms with Crippen LogP contribution in [-0.2, 0) is 0 Å². The fourth-order valence-corrected chi connectivity index (χ4v) is 2.86. The number of ether oxygens (including phenoxy) is 1. The van der Waals surface area contributed by atoms with Crippen LogP contribution in [0.5, 0.6) is 5.75 Å². The number of hydrogen-bond donors (Lipinski definition) is 2. The summed E-state index contributed by atoms with van der Waals surface area (Å²) in [4.78, 5) is 0. The zero-order valence-electron chi connectivity index (χ0n) is 11.1. The van der Waals surface area contributed by atoms with Gasteiger partial charge in [-0.25, -0.2) is 8.78 Å². The SMILES string of the molecule is O[C@@H](C[NH2+]C1CCCC1)COc1c(F)cc(Br)cc1F. The van der Waals surface area contributed by atoms with Gasteiger partial charge in [0.1, 0.15) is 19.3 Å². The van der Waals surface area contributed by atoms with Gasteiger partial charge in [-0.05, 0) is 37.8 Å². The standard InChI is InChI=1S/C14H18BrF2NO2/c15-9-5-12(16)14(13(17)6-9)20-8-11(19)7-18-10-3-1-2-4-10/h5-6,10-11,18-19H,1-4,7-8H2/p+1/t11-/m0/s1. The summed E-state index contributed by atoms with van der Waals surface area (Å²) in [6, 6.07) is 2.83. The normalized spacial score (nSPS) is 17.4. The lowest BCUT2D eigenvalue weighted by Crippen LogP contribution is -2.91. The fraction of sp³-hybridized carbons (Fsp3) is 0.571. The van der Waals surface area contributed by atoms with Gasteiger partial charge >= 0.3 is 0 Å². The van der Waals surface area contributed by atoms with E-state index in [0.717, 1.165) is 12.1 Å². The Morgan fingerprint density at radius 2 is 1.90 bits per heavy atom. The first-order chi connectivity index (χ1) is 9.56. The monoisotopic (exact) mass is 350 g/mol. The summed E-state index contributed by atoms with van der Waals surface area (Å²) in [6.07, 6.45) is 4.08. The van der Waals surface area contributed by atoms with Crippen LogP contribution in [0.4, 0.5) is 8.78 Å². The molecule has 1 aliphatic rings. The van der Waals surface area contributed by atoms with Crippen LogP contribution < -0.4 is 10.1 Å². The third-order valence-electron chi connectivity index (χ3n) is 3.52. The number of aliphatic hydroxyl groups is 1. The van der Waals surface area contributed by atoms with Gasteiger partial charge < -0.3 is 15.2 Å². The summed E-state index contributed by atoms with van der Waals surface area (Å²) in [7, 11) is 0. The molecular formula is C14H19BrF2NO2+. The van der Waals surface area contributed by atoms with Crippen molar-refractivity contribution in [2.24, 2.45) is 0 Å². The first kappa shape index (κ1) is 15.7. The Bertz CT molecular complexity index is 430. The molecule has 1 fully saturated rings. The zero-order valence-corrected chi connectivity index (χ0v) is 12.7. The van der Waals surface area contributed by atoms with Crippen LogP contribution in [-0.4, -0.2) is 30.4 Å². The maximum absolute atomic E-state index is 13.5. The van der Waals surface area contributed by atoms with E-state index in [2.05, 4.69) is 21.2 Å². The lowest BCUT2D eigenvalue weighted by Gasteiger charge is -2.15. The molecule has 0 amide bonds. The second kappa shape index (κ2) is 7.33. The van der Waals surface area contributed by atoms with E-state index >= 15 is 0 Å². The van der Waals surface area contributed by atoms with Gasteiger partial charge in [0.25, 0.3) is 0 Å². The van der Waals surface area contributed by atoms with E-state index < -0.39 is 23.5 Å². The van der Waals surface area contributed by atoms with Crippen LogP contribution in [0.3, 0.4) is 0 Å². The molecule has 3 N–H and O–H groups in total. The van der Waals surface area contributed by atoms with Gasteiger partial charge in [0.05, 0.1) is 6.04 Å². The van der Waals surface area contributed by atoms with Gasteiger partial charge in [-0.3, -0.25) is 0 Å². The highest BCUT2D eigenvalue weighted by atomic mass is 79.9. The van der Waals surface area contributed by atoms with Crippen molar-refractivity contribution in [1.29, 1.82) is 0 Å². The van der Waals surface area contributed by atoms with Crippen LogP contribution in [0.2, 0.25) is 0 Å². The van der Waals surface area contributed by atoms with E-state index in [9.17, 15) is 13.9 Å². The molecule has 0 aromatic heterocycles. The van der Waals surface area contributed by atoms with Gasteiger partial charge in [0, 0.05) is 4.47 Å². The second-order valence-corrected chi connectivity index (χ2v) is 6.10. The van der Waals surface area contributed by atoms with Gasteiger partial charge in [0.2, 0.25) is 0 Å². The molecule has 2 rings (SSSR count). The molecule has 1 atom stereocenters. The van der Waals surface area contributed by atoms with Crippen molar-refractivity contribution >= 4 is 15.9 Å². The van der Waals surface area contributed by atoms with Crippen molar-refractivity contribution < 1.29 is 23.9 Å². The molecule has 0 unspecified atom stereocenters. The van der Waals surface area contributed by atoms with E-state index in [4.69, 9.17) is 4.74 Å². The Kier molecular flexibility index (Phi) is 5.74. The topological polar surface area (TPSA) is 46.1 Å². The number of hydrogen-bond acceptors (Lipinski definition) is 2. The summed E-state index contributed by atoms with van der Waals surface area (Å²) >= 11 is 3.00. The molecule has 3 nitrogen and oxygen atoms in total. The lowest BCUT2D eigenvalue weighted by atomic mass is 10.2. The largest absolute Gasteiger partial charge is 0.485 e. The number of halogens is 3. The van der Waals surface area contributed by atoms with Crippen LogP contribution in [0, 0.1) is 11.6 Å². The minimum atomic E-state index is -0.774. The molecule has 1 aromatic rings. The molecule has 6 heteroatoms. The smallest absolute Gasteiger partial charge is 0.190 e. The van der Waals surface area contributed by atoms with Gasteiger partial charge in [-0.2, -0.15) is 0 Å². The molecule has 1 aromatic carbocycles. The average molecular weight is 351 g/mol. The highest BCUT2D eigenvalue weighted by molar-refractivity contribution is 9.10. The predicted molar refractivity (Wildman–Crippen MR) is 74.6 cm³/mol. The number of quaternary nitrogens is 1. The quantitative estimate of drug-likeness (QED) is 0.823. The zero-order chi connectivity index (χ0) is 14.5. The highest BCUT2D eigenvalue weighted by Crippen LogP contribution is 2.25. The molecule has 1 saturated carbocycles. The Labute approximate surface area is 125 Å². The average Bonchev–Trinajstić information content (AvgIpc) is 2.88.